The predicted molar refractivity (Wildman–Crippen MR) is 61.8 cm³/mol. The first-order valence-electron chi connectivity index (χ1n) is 5.98. The number of methoxy groups -OCH3 is 1. The standard InChI is InChI=1S/C13H10O7/c1-18-5-2-6-8(7(14)3-5)10(16)13-11(17)19-4-12(13,20-13)9(6)15/h2-3,11,14,17H,4H2,1H3/t11-,12+,13+/m1/s1. The summed E-state index contributed by atoms with van der Waals surface area (Å²) in [6.07, 6.45) is -1.51. The number of ether oxygens (including phenoxy) is 3. The van der Waals surface area contributed by atoms with E-state index in [1.807, 2.05) is 0 Å². The zero-order chi connectivity index (χ0) is 14.3. The van der Waals surface area contributed by atoms with Gasteiger partial charge in [0.1, 0.15) is 11.5 Å². The highest BCUT2D eigenvalue weighted by Gasteiger charge is 2.88. The first kappa shape index (κ1) is 11.8. The van der Waals surface area contributed by atoms with Crippen LogP contribution in [-0.4, -0.2) is 53.0 Å². The highest BCUT2D eigenvalue weighted by Crippen LogP contribution is 2.62. The number of aliphatic hydroxyl groups is 1. The maximum absolute atomic E-state index is 12.5. The van der Waals surface area contributed by atoms with Gasteiger partial charge >= 0.3 is 0 Å². The lowest BCUT2D eigenvalue weighted by molar-refractivity contribution is -0.125. The number of hydrogen-bond acceptors (Lipinski definition) is 7. The summed E-state index contributed by atoms with van der Waals surface area (Å²) in [5.74, 6) is -1.25. The van der Waals surface area contributed by atoms with Gasteiger partial charge in [-0.2, -0.15) is 0 Å². The molecule has 0 unspecified atom stereocenters. The number of aromatic hydroxyl groups is 1. The second kappa shape index (κ2) is 3.20. The second-order valence-corrected chi connectivity index (χ2v) is 5.06. The van der Waals surface area contributed by atoms with E-state index in [9.17, 15) is 19.8 Å². The van der Waals surface area contributed by atoms with Crippen molar-refractivity contribution in [3.8, 4) is 11.5 Å². The van der Waals surface area contributed by atoms with Crippen molar-refractivity contribution in [1.82, 2.24) is 0 Å². The Morgan fingerprint density at radius 2 is 2.10 bits per heavy atom. The maximum atomic E-state index is 12.5. The number of fused-ring (bicyclic) bond motifs is 1. The van der Waals surface area contributed by atoms with Crippen molar-refractivity contribution in [3.63, 3.8) is 0 Å². The van der Waals surface area contributed by atoms with Gasteiger partial charge in [-0.3, -0.25) is 9.59 Å². The van der Waals surface area contributed by atoms with E-state index in [1.165, 1.54) is 19.2 Å². The molecule has 3 aliphatic rings. The van der Waals surface area contributed by atoms with Crippen molar-refractivity contribution in [3.05, 3.63) is 23.3 Å². The highest BCUT2D eigenvalue weighted by atomic mass is 16.7. The zero-order valence-electron chi connectivity index (χ0n) is 10.4. The molecule has 7 nitrogen and oxygen atoms in total. The molecule has 2 fully saturated rings. The number of benzene rings is 1. The Morgan fingerprint density at radius 1 is 1.35 bits per heavy atom. The van der Waals surface area contributed by atoms with Crippen LogP contribution in [0.4, 0.5) is 0 Å². The van der Waals surface area contributed by atoms with Gasteiger partial charge in [-0.15, -0.1) is 0 Å². The molecule has 0 bridgehead atoms. The molecule has 0 amide bonds. The third kappa shape index (κ3) is 0.974. The molecule has 104 valence electrons. The van der Waals surface area contributed by atoms with Crippen molar-refractivity contribution < 1.29 is 34.0 Å². The Balaban J connectivity index is 1.99. The number of hydrogen-bond donors (Lipinski definition) is 2. The number of carbonyl (C=O) groups is 2. The molecule has 3 atom stereocenters. The molecule has 0 radical (unpaired) electrons. The van der Waals surface area contributed by atoms with Crippen LogP contribution < -0.4 is 4.74 Å². The molecular weight excluding hydrogens is 268 g/mol. The van der Waals surface area contributed by atoms with Gasteiger partial charge in [0.05, 0.1) is 19.3 Å². The van der Waals surface area contributed by atoms with E-state index >= 15 is 0 Å². The van der Waals surface area contributed by atoms with E-state index in [1.54, 1.807) is 0 Å². The van der Waals surface area contributed by atoms with E-state index < -0.39 is 29.1 Å². The molecule has 7 heteroatoms. The van der Waals surface area contributed by atoms with Crippen molar-refractivity contribution in [2.24, 2.45) is 0 Å². The lowest BCUT2D eigenvalue weighted by atomic mass is 9.75. The minimum atomic E-state index is -1.71. The number of Topliss-reactive ketones (excluding diaryl/α,β-unsaturated/α-hetero) is 2. The molecule has 2 N–H and O–H groups in total. The maximum Gasteiger partial charge on any atom is 0.221 e. The number of epoxide rings is 1. The number of carbonyl (C=O) groups excluding carboxylic acids is 2. The van der Waals surface area contributed by atoms with Crippen molar-refractivity contribution >= 4 is 11.6 Å². The average molecular weight is 278 g/mol. The number of ketones is 2. The van der Waals surface area contributed by atoms with Gasteiger partial charge in [0.25, 0.3) is 0 Å². The first-order valence-corrected chi connectivity index (χ1v) is 5.98. The SMILES string of the molecule is COc1cc(O)c2c(c1)C(=O)[C@@]13CO[C@@H](O)[C@@]1(O3)C2=O. The van der Waals surface area contributed by atoms with Crippen LogP contribution in [0.15, 0.2) is 12.1 Å². The molecular formula is C13H10O7. The van der Waals surface area contributed by atoms with Gasteiger partial charge < -0.3 is 24.4 Å². The van der Waals surface area contributed by atoms with Crippen molar-refractivity contribution in [2.75, 3.05) is 13.7 Å². The fourth-order valence-corrected chi connectivity index (χ4v) is 3.11. The summed E-state index contributed by atoms with van der Waals surface area (Å²) < 4.78 is 15.3. The van der Waals surface area contributed by atoms with Gasteiger partial charge in [-0.05, 0) is 6.07 Å². The minimum absolute atomic E-state index is 0.0256. The van der Waals surface area contributed by atoms with Crippen LogP contribution in [0.25, 0.3) is 0 Å². The van der Waals surface area contributed by atoms with Crippen LogP contribution in [0.3, 0.4) is 0 Å². The van der Waals surface area contributed by atoms with E-state index in [4.69, 9.17) is 14.2 Å². The summed E-state index contributed by atoms with van der Waals surface area (Å²) in [7, 11) is 1.38. The molecule has 0 spiro atoms. The third-order valence-corrected chi connectivity index (χ3v) is 4.19. The van der Waals surface area contributed by atoms with Crippen molar-refractivity contribution in [2.45, 2.75) is 17.5 Å². The number of phenols is 1. The Morgan fingerprint density at radius 3 is 2.80 bits per heavy atom. The van der Waals surface area contributed by atoms with E-state index in [0.29, 0.717) is 0 Å². The lowest BCUT2D eigenvalue weighted by Gasteiger charge is -2.21. The number of rotatable bonds is 1. The second-order valence-electron chi connectivity index (χ2n) is 5.06. The van der Waals surface area contributed by atoms with E-state index in [0.717, 1.165) is 0 Å². The summed E-state index contributed by atoms with van der Waals surface area (Å²) in [4.78, 5) is 25.0. The van der Waals surface area contributed by atoms with Gasteiger partial charge in [-0.25, -0.2) is 0 Å². The van der Waals surface area contributed by atoms with Crippen LogP contribution >= 0.6 is 0 Å². The Hall–Kier alpha value is -1.96. The van der Waals surface area contributed by atoms with Crippen LogP contribution in [0.2, 0.25) is 0 Å². The van der Waals surface area contributed by atoms with E-state index in [-0.39, 0.29) is 29.2 Å². The van der Waals surface area contributed by atoms with Crippen LogP contribution in [0, 0.1) is 0 Å². The number of phenolic OH excluding ortho intramolecular Hbond substituents is 1. The zero-order valence-corrected chi connectivity index (χ0v) is 10.4. The Bertz CT molecular complexity index is 682. The summed E-state index contributed by atoms with van der Waals surface area (Å²) in [6, 6.07) is 2.61. The van der Waals surface area contributed by atoms with Gasteiger partial charge in [-0.1, -0.05) is 0 Å². The summed E-state index contributed by atoms with van der Waals surface area (Å²) in [6.45, 7) is -0.184. The molecule has 0 aromatic heterocycles. The summed E-state index contributed by atoms with van der Waals surface area (Å²) in [5, 5.41) is 19.8. The van der Waals surface area contributed by atoms with Crippen LogP contribution in [0.1, 0.15) is 20.7 Å². The van der Waals surface area contributed by atoms with Crippen LogP contribution in [0.5, 0.6) is 11.5 Å². The largest absolute Gasteiger partial charge is 0.507 e. The normalized spacial score (nSPS) is 37.2. The van der Waals surface area contributed by atoms with Gasteiger partial charge in [0, 0.05) is 11.6 Å². The first-order chi connectivity index (χ1) is 9.48. The number of aliphatic hydroxyl groups excluding tert-OH is 1. The summed E-state index contributed by atoms with van der Waals surface area (Å²) in [5.41, 5.74) is -3.30. The molecule has 1 aromatic rings. The molecule has 1 aromatic carbocycles. The van der Waals surface area contributed by atoms with Gasteiger partial charge in [0.15, 0.2) is 11.9 Å². The molecule has 4 rings (SSSR count). The third-order valence-electron chi connectivity index (χ3n) is 4.19. The smallest absolute Gasteiger partial charge is 0.221 e. The van der Waals surface area contributed by atoms with Gasteiger partial charge in [0.2, 0.25) is 17.2 Å². The molecule has 2 heterocycles. The fraction of sp³-hybridized carbons (Fsp3) is 0.385. The monoisotopic (exact) mass is 278 g/mol. The molecule has 2 aliphatic heterocycles. The Kier molecular flexibility index (Phi) is 1.89. The average Bonchev–Trinajstić information content (AvgIpc) is 3.06. The quantitative estimate of drug-likeness (QED) is 0.675. The molecule has 1 aliphatic carbocycles. The summed E-state index contributed by atoms with van der Waals surface area (Å²) >= 11 is 0. The van der Waals surface area contributed by atoms with Crippen LogP contribution in [-0.2, 0) is 9.47 Å². The highest BCUT2D eigenvalue weighted by molar-refractivity contribution is 6.27. The Labute approximate surface area is 112 Å². The fourth-order valence-electron chi connectivity index (χ4n) is 3.11. The predicted octanol–water partition coefficient (Wildman–Crippen LogP) is -0.364. The molecule has 0 saturated carbocycles. The lowest BCUT2D eigenvalue weighted by Crippen LogP contribution is -2.47. The molecule has 20 heavy (non-hydrogen) atoms. The minimum Gasteiger partial charge on any atom is -0.507 e. The van der Waals surface area contributed by atoms with Crippen molar-refractivity contribution in [1.29, 1.82) is 0 Å². The molecule has 2 saturated heterocycles. The topological polar surface area (TPSA) is 106 Å². The van der Waals surface area contributed by atoms with E-state index in [2.05, 4.69) is 0 Å².